The monoisotopic (exact) mass is 514 g/mol. The van der Waals surface area contributed by atoms with E-state index in [4.69, 9.17) is 10.3 Å². The minimum absolute atomic E-state index is 0.0696. The van der Waals surface area contributed by atoms with Gasteiger partial charge in [-0.25, -0.2) is 13.2 Å². The second-order valence-corrected chi connectivity index (χ2v) is 10.9. The molecule has 0 spiro atoms. The average molecular weight is 515 g/mol. The van der Waals surface area contributed by atoms with Crippen LogP contribution in [0.15, 0.2) is 58.5 Å². The van der Waals surface area contributed by atoms with Crippen LogP contribution in [0.25, 0.3) is 10.4 Å². The van der Waals surface area contributed by atoms with Crippen molar-refractivity contribution in [1.82, 2.24) is 14.5 Å². The number of hydrogen-bond donors (Lipinski definition) is 1. The summed E-state index contributed by atoms with van der Waals surface area (Å²) in [7, 11) is -0.791. The number of nitrogens with zero attached hydrogens (tertiary/aromatic N) is 5. The quantitative estimate of drug-likeness (QED) is 0.327. The molecule has 1 N–H and O–H groups in total. The molecule has 0 radical (unpaired) electrons. The zero-order chi connectivity index (χ0) is 26.5. The largest absolute Gasteiger partial charge is 0.414 e. The van der Waals surface area contributed by atoms with E-state index in [2.05, 4.69) is 15.3 Å². The molecule has 11 nitrogen and oxygen atoms in total. The van der Waals surface area contributed by atoms with E-state index in [9.17, 15) is 18.0 Å². The lowest BCUT2D eigenvalue weighted by molar-refractivity contribution is -0.124. The first-order valence-electron chi connectivity index (χ1n) is 11.4. The summed E-state index contributed by atoms with van der Waals surface area (Å²) in [6.45, 7) is 3.60. The van der Waals surface area contributed by atoms with E-state index in [0.717, 1.165) is 15.4 Å². The normalized spacial score (nSPS) is 18.7. The predicted molar refractivity (Wildman–Crippen MR) is 134 cm³/mol. The number of aryl methyl sites for hydroxylation is 1. The number of benzene rings is 2. The highest BCUT2D eigenvalue weighted by molar-refractivity contribution is 7.89. The molecule has 1 heterocycles. The summed E-state index contributed by atoms with van der Waals surface area (Å²) in [5.74, 6) is -0.0495. The minimum atomic E-state index is -3.97. The van der Waals surface area contributed by atoms with Crippen LogP contribution in [-0.4, -0.2) is 68.4 Å². The highest BCUT2D eigenvalue weighted by atomic mass is 32.2. The standard InChI is InChI=1S/C24H30N6O5S/c1-16-5-11-21(12-6-16)36(33,34)30-15-19(27-28-25)14-22(30)23(31)26-17(2)13-18-7-9-20(10-8-18)35-24(32)29(3)4/h5-12,17,19,22H,13-15H2,1-4H3,(H,26,31)/t17-,19-,22+/m1/s1. The number of amides is 2. The number of hydrogen-bond acceptors (Lipinski definition) is 6. The Balaban J connectivity index is 1.70. The third-order valence-corrected chi connectivity index (χ3v) is 7.69. The molecule has 3 atom stereocenters. The van der Waals surface area contributed by atoms with Crippen molar-refractivity contribution in [3.8, 4) is 5.75 Å². The van der Waals surface area contributed by atoms with E-state index in [1.54, 1.807) is 50.5 Å². The SMILES string of the molecule is Cc1ccc(S(=O)(=O)N2C[C@H](N=[N+]=[N-])C[C@H]2C(=O)N[C@H](C)Cc2ccc(OC(=O)N(C)C)cc2)cc1. The molecule has 1 fully saturated rings. The van der Waals surface area contributed by atoms with E-state index >= 15 is 0 Å². The molecule has 0 bridgehead atoms. The van der Waals surface area contributed by atoms with Gasteiger partial charge in [0.15, 0.2) is 0 Å². The van der Waals surface area contributed by atoms with Gasteiger partial charge in [-0.15, -0.1) is 0 Å². The molecule has 0 aromatic heterocycles. The van der Waals surface area contributed by atoms with Crippen LogP contribution in [0.4, 0.5) is 4.79 Å². The minimum Gasteiger partial charge on any atom is -0.410 e. The van der Waals surface area contributed by atoms with Gasteiger partial charge in [-0.05, 0) is 62.0 Å². The van der Waals surface area contributed by atoms with Crippen molar-refractivity contribution >= 4 is 22.0 Å². The van der Waals surface area contributed by atoms with Crippen molar-refractivity contribution in [1.29, 1.82) is 0 Å². The number of azide groups is 1. The van der Waals surface area contributed by atoms with Crippen LogP contribution in [0.1, 0.15) is 24.5 Å². The van der Waals surface area contributed by atoms with E-state index in [1.165, 1.54) is 17.0 Å². The van der Waals surface area contributed by atoms with Crippen LogP contribution in [0.5, 0.6) is 5.75 Å². The molecule has 36 heavy (non-hydrogen) atoms. The maximum Gasteiger partial charge on any atom is 0.414 e. The fourth-order valence-corrected chi connectivity index (χ4v) is 5.56. The highest BCUT2D eigenvalue weighted by Crippen LogP contribution is 2.28. The number of sulfonamides is 1. The van der Waals surface area contributed by atoms with E-state index in [-0.39, 0.29) is 23.9 Å². The number of carbonyl (C=O) groups excluding carboxylic acids is 2. The molecular formula is C24H30N6O5S. The third-order valence-electron chi connectivity index (χ3n) is 5.80. The van der Waals surface area contributed by atoms with Gasteiger partial charge in [-0.3, -0.25) is 4.79 Å². The molecule has 2 aromatic carbocycles. The third kappa shape index (κ3) is 6.54. The lowest BCUT2D eigenvalue weighted by Gasteiger charge is -2.25. The van der Waals surface area contributed by atoms with Crippen molar-refractivity contribution in [2.75, 3.05) is 20.6 Å². The fourth-order valence-electron chi connectivity index (χ4n) is 3.92. The van der Waals surface area contributed by atoms with Gasteiger partial charge >= 0.3 is 6.09 Å². The first kappa shape index (κ1) is 27.0. The lowest BCUT2D eigenvalue weighted by Crippen LogP contribution is -2.48. The zero-order valence-corrected chi connectivity index (χ0v) is 21.5. The van der Waals surface area contributed by atoms with Crippen molar-refractivity contribution in [3.05, 3.63) is 70.1 Å². The van der Waals surface area contributed by atoms with Crippen molar-refractivity contribution in [2.45, 2.75) is 49.7 Å². The summed E-state index contributed by atoms with van der Waals surface area (Å²) in [5, 5.41) is 6.56. The number of ether oxygens (including phenoxy) is 1. The maximum absolute atomic E-state index is 13.3. The Labute approximate surface area is 210 Å². The molecule has 2 aromatic rings. The van der Waals surface area contributed by atoms with E-state index in [1.807, 2.05) is 13.8 Å². The molecule has 1 aliphatic rings. The molecule has 0 aliphatic carbocycles. The fraction of sp³-hybridized carbons (Fsp3) is 0.417. The summed E-state index contributed by atoms with van der Waals surface area (Å²) in [6, 6.07) is 11.4. The van der Waals surface area contributed by atoms with Crippen LogP contribution in [0, 0.1) is 6.92 Å². The summed E-state index contributed by atoms with van der Waals surface area (Å²) in [6.07, 6.45) is 0.0916. The van der Waals surface area contributed by atoms with Crippen molar-refractivity contribution in [3.63, 3.8) is 0 Å². The number of rotatable bonds is 8. The smallest absolute Gasteiger partial charge is 0.410 e. The second-order valence-electron chi connectivity index (χ2n) is 9.02. The zero-order valence-electron chi connectivity index (χ0n) is 20.7. The molecule has 12 heteroatoms. The molecular weight excluding hydrogens is 484 g/mol. The van der Waals surface area contributed by atoms with Gasteiger partial charge in [0, 0.05) is 31.6 Å². The lowest BCUT2D eigenvalue weighted by atomic mass is 10.1. The molecule has 1 aliphatic heterocycles. The Hall–Kier alpha value is -3.60. The molecule has 0 unspecified atom stereocenters. The molecule has 192 valence electrons. The number of nitrogens with one attached hydrogen (secondary N) is 1. The van der Waals surface area contributed by atoms with Crippen molar-refractivity contribution < 1.29 is 22.7 Å². The van der Waals surface area contributed by atoms with Gasteiger partial charge in [-0.1, -0.05) is 34.9 Å². The molecule has 0 saturated carbocycles. The van der Waals surface area contributed by atoms with Gasteiger partial charge in [0.2, 0.25) is 15.9 Å². The Morgan fingerprint density at radius 2 is 1.83 bits per heavy atom. The van der Waals surface area contributed by atoms with Gasteiger partial charge in [0.25, 0.3) is 0 Å². The summed E-state index contributed by atoms with van der Waals surface area (Å²) in [4.78, 5) is 29.0. The van der Waals surface area contributed by atoms with Crippen LogP contribution in [0.2, 0.25) is 0 Å². The summed E-state index contributed by atoms with van der Waals surface area (Å²) >= 11 is 0. The first-order valence-corrected chi connectivity index (χ1v) is 12.9. The molecule has 3 rings (SSSR count). The maximum atomic E-state index is 13.3. The Morgan fingerprint density at radius 1 is 1.19 bits per heavy atom. The molecule has 2 amide bonds. The average Bonchev–Trinajstić information content (AvgIpc) is 3.26. The summed E-state index contributed by atoms with van der Waals surface area (Å²) < 4.78 is 32.9. The Kier molecular flexibility index (Phi) is 8.57. The van der Waals surface area contributed by atoms with Gasteiger partial charge in [0.1, 0.15) is 11.8 Å². The van der Waals surface area contributed by atoms with Crippen LogP contribution >= 0.6 is 0 Å². The topological polar surface area (TPSA) is 145 Å². The number of carbonyl (C=O) groups is 2. The van der Waals surface area contributed by atoms with Crippen LogP contribution in [-0.2, 0) is 21.2 Å². The van der Waals surface area contributed by atoms with Gasteiger partial charge in [0.05, 0.1) is 10.9 Å². The predicted octanol–water partition coefficient (Wildman–Crippen LogP) is 3.24. The second kappa shape index (κ2) is 11.4. The van der Waals surface area contributed by atoms with E-state index in [0.29, 0.717) is 12.2 Å². The van der Waals surface area contributed by atoms with E-state index < -0.39 is 34.1 Å². The van der Waals surface area contributed by atoms with Crippen LogP contribution < -0.4 is 10.1 Å². The highest BCUT2D eigenvalue weighted by Gasteiger charge is 2.43. The Bertz CT molecular complexity index is 1240. The Morgan fingerprint density at radius 3 is 2.42 bits per heavy atom. The first-order chi connectivity index (χ1) is 17.0. The van der Waals surface area contributed by atoms with Gasteiger partial charge in [-0.2, -0.15) is 4.31 Å². The molecule has 1 saturated heterocycles. The van der Waals surface area contributed by atoms with Crippen molar-refractivity contribution in [2.24, 2.45) is 5.11 Å². The van der Waals surface area contributed by atoms with Gasteiger partial charge < -0.3 is 15.0 Å². The summed E-state index contributed by atoms with van der Waals surface area (Å²) in [5.41, 5.74) is 10.7. The van der Waals surface area contributed by atoms with Crippen LogP contribution in [0.3, 0.4) is 0 Å².